The molecule has 0 bridgehead atoms. The third-order valence-corrected chi connectivity index (χ3v) is 4.92. The summed E-state index contributed by atoms with van der Waals surface area (Å²) in [4.78, 5) is 20.8. The number of hydrogen-bond acceptors (Lipinski definition) is 7. The molecule has 0 amide bonds. The molecule has 0 spiro atoms. The van der Waals surface area contributed by atoms with Crippen LogP contribution in [0, 0.1) is 5.82 Å². The number of rotatable bonds is 4. The summed E-state index contributed by atoms with van der Waals surface area (Å²) in [6.45, 7) is 0. The molecule has 2 aromatic heterocycles. The molecule has 0 aliphatic rings. The van der Waals surface area contributed by atoms with Gasteiger partial charge in [-0.3, -0.25) is 18.5 Å². The van der Waals surface area contributed by atoms with E-state index in [1.54, 1.807) is 0 Å². The molecule has 27 heavy (non-hydrogen) atoms. The van der Waals surface area contributed by atoms with Gasteiger partial charge in [-0.15, -0.1) is 10.6 Å². The highest BCUT2D eigenvalue weighted by atomic mass is 32.3. The van der Waals surface area contributed by atoms with Crippen LogP contribution in [0.5, 0.6) is 11.5 Å². The summed E-state index contributed by atoms with van der Waals surface area (Å²) in [5.74, 6) is -0.426. The molecular formula is C17H18FN3O5S. The van der Waals surface area contributed by atoms with Crippen molar-refractivity contribution in [3.63, 3.8) is 0 Å². The Morgan fingerprint density at radius 3 is 2.44 bits per heavy atom. The van der Waals surface area contributed by atoms with E-state index >= 15 is 0 Å². The van der Waals surface area contributed by atoms with Crippen LogP contribution in [0.15, 0.2) is 34.3 Å². The lowest BCUT2D eigenvalue weighted by molar-refractivity contribution is 0.375. The summed E-state index contributed by atoms with van der Waals surface area (Å²) in [5.41, 5.74) is -0.239. The maximum Gasteiger partial charge on any atom is 0.259 e. The Labute approximate surface area is 155 Å². The monoisotopic (exact) mass is 395 g/mol. The lowest BCUT2D eigenvalue weighted by atomic mass is 10.0. The molecule has 0 saturated heterocycles. The summed E-state index contributed by atoms with van der Waals surface area (Å²) in [7, 11) is 1.06. The Balaban J connectivity index is 2.32. The van der Waals surface area contributed by atoms with Gasteiger partial charge in [-0.2, -0.15) is 4.98 Å². The van der Waals surface area contributed by atoms with E-state index < -0.39 is 22.0 Å². The highest BCUT2D eigenvalue weighted by Crippen LogP contribution is 2.41. The Hall–Kier alpha value is -2.69. The van der Waals surface area contributed by atoms with Crippen molar-refractivity contribution in [1.29, 1.82) is 0 Å². The van der Waals surface area contributed by atoms with E-state index in [1.807, 2.05) is 0 Å². The number of fused-ring (bicyclic) bond motifs is 1. The summed E-state index contributed by atoms with van der Waals surface area (Å²) in [6, 6.07) is 4.23. The van der Waals surface area contributed by atoms with Gasteiger partial charge < -0.3 is 9.47 Å². The summed E-state index contributed by atoms with van der Waals surface area (Å²) in [5, 5.41) is 0.257. The smallest absolute Gasteiger partial charge is 0.259 e. The van der Waals surface area contributed by atoms with Crippen LogP contribution in [0.1, 0.15) is 0 Å². The first kappa shape index (κ1) is 19.1. The van der Waals surface area contributed by atoms with Gasteiger partial charge in [0.25, 0.3) is 5.56 Å². The number of benzene rings is 1. The van der Waals surface area contributed by atoms with Gasteiger partial charge in [-0.1, -0.05) is 0 Å². The number of aryl methyl sites for hydroxylation is 1. The fourth-order valence-electron chi connectivity index (χ4n) is 2.65. The summed E-state index contributed by atoms with van der Waals surface area (Å²) >= 11 is 0. The Bertz CT molecular complexity index is 1090. The third kappa shape index (κ3) is 3.34. The van der Waals surface area contributed by atoms with E-state index in [2.05, 4.69) is 9.97 Å². The minimum atomic E-state index is -3.14. The van der Waals surface area contributed by atoms with E-state index in [4.69, 9.17) is 9.47 Å². The minimum absolute atomic E-state index is 0.0116. The van der Waals surface area contributed by atoms with E-state index in [1.165, 1.54) is 56.5 Å². The van der Waals surface area contributed by atoms with Crippen molar-refractivity contribution in [3.05, 3.63) is 40.6 Å². The van der Waals surface area contributed by atoms with Gasteiger partial charge in [-0.05, 0) is 12.1 Å². The topological polar surface area (TPSA) is 107 Å². The average molecular weight is 395 g/mol. The van der Waals surface area contributed by atoms with Crippen molar-refractivity contribution in [2.24, 2.45) is 7.05 Å². The lowest BCUT2D eigenvalue weighted by Gasteiger charge is -2.24. The van der Waals surface area contributed by atoms with Crippen molar-refractivity contribution in [3.8, 4) is 22.6 Å². The van der Waals surface area contributed by atoms with E-state index in [-0.39, 0.29) is 27.7 Å². The van der Waals surface area contributed by atoms with Crippen LogP contribution in [0.2, 0.25) is 0 Å². The first-order valence-electron chi connectivity index (χ1n) is 7.69. The van der Waals surface area contributed by atoms with Gasteiger partial charge in [0.1, 0.15) is 11.4 Å². The standard InChI is InChI=1S/C17H18FN3O5S/c1-21-15-9(8-19-17(20-15)27(4,23)24)5-12(16(21)22)11-6-10(25-2)7-13(26-3)14(11)18/h5-8,23-24H,1-4H3. The van der Waals surface area contributed by atoms with Gasteiger partial charge >= 0.3 is 0 Å². The van der Waals surface area contributed by atoms with Gasteiger partial charge in [-0.25, -0.2) is 9.37 Å². The van der Waals surface area contributed by atoms with E-state index in [0.717, 1.165) is 0 Å². The molecular weight excluding hydrogens is 377 g/mol. The highest BCUT2D eigenvalue weighted by molar-refractivity contribution is 8.23. The normalized spacial score (nSPS) is 12.3. The Morgan fingerprint density at radius 1 is 1.15 bits per heavy atom. The SMILES string of the molecule is COc1cc(OC)c(F)c(-c2cc3cnc(S(C)(O)O)nc3n(C)c2=O)c1. The highest BCUT2D eigenvalue weighted by Gasteiger charge is 2.20. The van der Waals surface area contributed by atoms with E-state index in [0.29, 0.717) is 11.1 Å². The second-order valence-corrected chi connectivity index (χ2v) is 7.91. The Morgan fingerprint density at radius 2 is 1.85 bits per heavy atom. The van der Waals surface area contributed by atoms with Crippen LogP contribution in [0.4, 0.5) is 4.39 Å². The second-order valence-electron chi connectivity index (χ2n) is 5.88. The second kappa shape index (κ2) is 6.80. The first-order chi connectivity index (χ1) is 12.7. The number of pyridine rings is 1. The molecule has 1 aromatic carbocycles. The van der Waals surface area contributed by atoms with Gasteiger partial charge in [0, 0.05) is 36.5 Å². The molecule has 8 nitrogen and oxygen atoms in total. The molecule has 2 N–H and O–H groups in total. The number of halogens is 1. The molecule has 3 rings (SSSR count). The quantitative estimate of drug-likeness (QED) is 0.654. The first-order valence-corrected chi connectivity index (χ1v) is 9.64. The fraction of sp³-hybridized carbons (Fsp3) is 0.235. The number of ether oxygens (including phenoxy) is 2. The average Bonchev–Trinajstić information content (AvgIpc) is 2.64. The summed E-state index contributed by atoms with van der Waals surface area (Å²) in [6.07, 6.45) is 2.55. The molecule has 0 saturated carbocycles. The zero-order valence-electron chi connectivity index (χ0n) is 15.1. The molecule has 0 atom stereocenters. The van der Waals surface area contributed by atoms with Crippen LogP contribution >= 0.6 is 10.6 Å². The Kier molecular flexibility index (Phi) is 4.81. The van der Waals surface area contributed by atoms with Crippen LogP contribution in [0.25, 0.3) is 22.2 Å². The van der Waals surface area contributed by atoms with Crippen molar-refractivity contribution in [2.45, 2.75) is 5.16 Å². The maximum absolute atomic E-state index is 14.8. The van der Waals surface area contributed by atoms with Crippen molar-refractivity contribution < 1.29 is 23.0 Å². The van der Waals surface area contributed by atoms with Crippen LogP contribution < -0.4 is 15.0 Å². The van der Waals surface area contributed by atoms with Crippen molar-refractivity contribution in [1.82, 2.24) is 14.5 Å². The van der Waals surface area contributed by atoms with E-state index in [9.17, 15) is 18.3 Å². The van der Waals surface area contributed by atoms with Crippen LogP contribution in [-0.4, -0.2) is 44.1 Å². The zero-order valence-corrected chi connectivity index (χ0v) is 15.9. The van der Waals surface area contributed by atoms with Crippen LogP contribution in [0.3, 0.4) is 0 Å². The van der Waals surface area contributed by atoms with Gasteiger partial charge in [0.05, 0.1) is 19.8 Å². The molecule has 0 radical (unpaired) electrons. The molecule has 10 heteroatoms. The van der Waals surface area contributed by atoms with Gasteiger partial charge in [0.2, 0.25) is 5.16 Å². The summed E-state index contributed by atoms with van der Waals surface area (Å²) < 4.78 is 45.6. The minimum Gasteiger partial charge on any atom is -0.497 e. The lowest BCUT2D eigenvalue weighted by Crippen LogP contribution is -2.21. The molecule has 2 heterocycles. The molecule has 0 aliphatic heterocycles. The number of methoxy groups -OCH3 is 2. The van der Waals surface area contributed by atoms with Gasteiger partial charge in [0.15, 0.2) is 11.6 Å². The molecule has 0 fully saturated rings. The largest absolute Gasteiger partial charge is 0.497 e. The molecule has 0 unspecified atom stereocenters. The van der Waals surface area contributed by atoms with Crippen molar-refractivity contribution in [2.75, 3.05) is 20.5 Å². The maximum atomic E-state index is 14.8. The molecule has 0 aliphatic carbocycles. The van der Waals surface area contributed by atoms with Crippen molar-refractivity contribution >= 4 is 21.6 Å². The number of nitrogens with zero attached hydrogens (tertiary/aromatic N) is 3. The third-order valence-electron chi connectivity index (χ3n) is 4.03. The zero-order chi connectivity index (χ0) is 19.9. The predicted molar refractivity (Wildman–Crippen MR) is 100 cm³/mol. The predicted octanol–water partition coefficient (Wildman–Crippen LogP) is 2.89. The number of hydrogen-bond donors (Lipinski definition) is 2. The molecule has 144 valence electrons. The fourth-order valence-corrected chi connectivity index (χ4v) is 3.16. The molecule has 3 aromatic rings. The van der Waals surface area contributed by atoms with Crippen LogP contribution in [-0.2, 0) is 7.05 Å². The number of aromatic nitrogens is 3.